The van der Waals surface area contributed by atoms with Gasteiger partial charge in [-0.3, -0.25) is 4.98 Å². The van der Waals surface area contributed by atoms with Crippen molar-refractivity contribution in [3.63, 3.8) is 0 Å². The van der Waals surface area contributed by atoms with Gasteiger partial charge in [-0.05, 0) is 47.9 Å². The highest BCUT2D eigenvalue weighted by molar-refractivity contribution is 5.89. The van der Waals surface area contributed by atoms with Gasteiger partial charge >= 0.3 is 6.03 Å². The van der Waals surface area contributed by atoms with Gasteiger partial charge in [-0.15, -0.1) is 0 Å². The van der Waals surface area contributed by atoms with E-state index < -0.39 is 0 Å². The van der Waals surface area contributed by atoms with Crippen LogP contribution in [-0.4, -0.2) is 29.0 Å². The van der Waals surface area contributed by atoms with Crippen molar-refractivity contribution >= 4 is 17.3 Å². The predicted octanol–water partition coefficient (Wildman–Crippen LogP) is 3.01. The Morgan fingerprint density at radius 1 is 1.17 bits per heavy atom. The Morgan fingerprint density at radius 3 is 2.79 bits per heavy atom. The Kier molecular flexibility index (Phi) is 4.01. The topological polar surface area (TPSA) is 57.3 Å². The highest BCUT2D eigenvalue weighted by atomic mass is 16.2. The Labute approximate surface area is 141 Å². The van der Waals surface area contributed by atoms with Gasteiger partial charge in [0.2, 0.25) is 0 Å². The molecule has 1 aromatic carbocycles. The fraction of sp³-hybridized carbons (Fsp3) is 0.263. The lowest BCUT2D eigenvalue weighted by Gasteiger charge is -2.17. The van der Waals surface area contributed by atoms with Crippen LogP contribution in [0.3, 0.4) is 0 Å². The first-order valence-electron chi connectivity index (χ1n) is 8.28. The van der Waals surface area contributed by atoms with Gasteiger partial charge in [0.05, 0.1) is 12.2 Å². The van der Waals surface area contributed by atoms with Crippen LogP contribution in [-0.2, 0) is 13.1 Å². The fourth-order valence-electron chi connectivity index (χ4n) is 3.20. The smallest absolute Gasteiger partial charge is 0.314 e. The minimum Gasteiger partial charge on any atom is -0.314 e. The molecule has 0 fully saturated rings. The zero-order chi connectivity index (χ0) is 16.4. The van der Waals surface area contributed by atoms with Gasteiger partial charge in [0, 0.05) is 25.0 Å². The van der Waals surface area contributed by atoms with Crippen molar-refractivity contribution in [2.24, 2.45) is 0 Å². The number of nitrogens with one attached hydrogen (secondary N) is 2. The number of hydrogen-bond donors (Lipinski definition) is 2. The molecule has 24 heavy (non-hydrogen) atoms. The van der Waals surface area contributed by atoms with Crippen LogP contribution in [0.2, 0.25) is 0 Å². The van der Waals surface area contributed by atoms with Crippen molar-refractivity contribution in [2.45, 2.75) is 19.5 Å². The van der Waals surface area contributed by atoms with Gasteiger partial charge in [-0.2, -0.15) is 0 Å². The first-order valence-corrected chi connectivity index (χ1v) is 8.28. The third-order valence-corrected chi connectivity index (χ3v) is 4.54. The summed E-state index contributed by atoms with van der Waals surface area (Å²) in [6.07, 6.45) is 5.05. The van der Waals surface area contributed by atoms with Gasteiger partial charge in [0.15, 0.2) is 0 Å². The monoisotopic (exact) mass is 320 g/mol. The van der Waals surface area contributed by atoms with E-state index in [9.17, 15) is 4.79 Å². The molecular formula is C19H20N4O. The van der Waals surface area contributed by atoms with Gasteiger partial charge in [-0.1, -0.05) is 24.3 Å². The number of carbonyl (C=O) groups is 1. The van der Waals surface area contributed by atoms with E-state index in [0.29, 0.717) is 13.1 Å². The van der Waals surface area contributed by atoms with Crippen LogP contribution < -0.4 is 10.6 Å². The van der Waals surface area contributed by atoms with Crippen LogP contribution in [0.5, 0.6) is 0 Å². The Bertz CT molecular complexity index is 757. The number of amides is 2. The van der Waals surface area contributed by atoms with Crippen molar-refractivity contribution in [3.05, 3.63) is 65.5 Å². The highest BCUT2D eigenvalue weighted by Gasteiger charge is 2.23. The third-order valence-electron chi connectivity index (χ3n) is 4.54. The third kappa shape index (κ3) is 3.03. The lowest BCUT2D eigenvalue weighted by atomic mass is 10.0. The maximum absolute atomic E-state index is 12.4. The minimum atomic E-state index is -0.0816. The summed E-state index contributed by atoms with van der Waals surface area (Å²) in [6.45, 7) is 3.14. The van der Waals surface area contributed by atoms with Gasteiger partial charge in [0.25, 0.3) is 0 Å². The Balaban J connectivity index is 1.41. The molecule has 0 bridgehead atoms. The molecule has 3 heterocycles. The molecule has 2 aliphatic heterocycles. The second kappa shape index (κ2) is 6.45. The van der Waals surface area contributed by atoms with E-state index in [4.69, 9.17) is 0 Å². The van der Waals surface area contributed by atoms with Crippen LogP contribution in [0, 0.1) is 0 Å². The Morgan fingerprint density at radius 2 is 2.04 bits per heavy atom. The van der Waals surface area contributed by atoms with Gasteiger partial charge < -0.3 is 15.5 Å². The van der Waals surface area contributed by atoms with Crippen molar-refractivity contribution in [2.75, 3.05) is 18.4 Å². The number of rotatable bonds is 2. The molecule has 0 saturated carbocycles. The van der Waals surface area contributed by atoms with Crippen LogP contribution in [0.4, 0.5) is 10.5 Å². The molecule has 4 rings (SSSR count). The van der Waals surface area contributed by atoms with Gasteiger partial charge in [0.1, 0.15) is 0 Å². The first kappa shape index (κ1) is 14.9. The molecule has 5 heteroatoms. The number of hydrogen-bond acceptors (Lipinski definition) is 3. The summed E-state index contributed by atoms with van der Waals surface area (Å²) >= 11 is 0. The molecule has 0 saturated heterocycles. The maximum atomic E-state index is 12.4. The molecule has 1 aromatic heterocycles. The van der Waals surface area contributed by atoms with Crippen LogP contribution in [0.15, 0.2) is 48.7 Å². The molecular weight excluding hydrogens is 300 g/mol. The summed E-state index contributed by atoms with van der Waals surface area (Å²) in [5.74, 6) is 0. The molecule has 0 unspecified atom stereocenters. The largest absolute Gasteiger partial charge is 0.322 e. The second-order valence-corrected chi connectivity index (χ2v) is 6.16. The average molecular weight is 320 g/mol. The predicted molar refractivity (Wildman–Crippen MR) is 94.4 cm³/mol. The fourth-order valence-corrected chi connectivity index (χ4v) is 3.20. The average Bonchev–Trinajstić information content (AvgIpc) is 3.07. The lowest BCUT2D eigenvalue weighted by Crippen LogP contribution is -2.30. The SMILES string of the molecule is O=C(Nc1ccc(C2=CCNCC2)cc1)N1Cc2cccnc2C1. The number of fused-ring (bicyclic) bond motifs is 1. The summed E-state index contributed by atoms with van der Waals surface area (Å²) in [5.41, 5.74) is 5.53. The zero-order valence-corrected chi connectivity index (χ0v) is 13.5. The van der Waals surface area contributed by atoms with Crippen LogP contribution >= 0.6 is 0 Å². The van der Waals surface area contributed by atoms with E-state index in [1.807, 2.05) is 24.3 Å². The Hall–Kier alpha value is -2.66. The van der Waals surface area contributed by atoms with Gasteiger partial charge in [-0.25, -0.2) is 4.79 Å². The number of anilines is 1. The number of aromatic nitrogens is 1. The summed E-state index contributed by atoms with van der Waals surface area (Å²) < 4.78 is 0. The van der Waals surface area contributed by atoms with E-state index in [2.05, 4.69) is 33.8 Å². The summed E-state index contributed by atoms with van der Waals surface area (Å²) in [4.78, 5) is 18.5. The zero-order valence-electron chi connectivity index (χ0n) is 13.5. The van der Waals surface area contributed by atoms with E-state index in [1.54, 1.807) is 11.1 Å². The lowest BCUT2D eigenvalue weighted by molar-refractivity contribution is 0.212. The molecule has 122 valence electrons. The van der Waals surface area contributed by atoms with Crippen molar-refractivity contribution in [1.82, 2.24) is 15.2 Å². The number of nitrogens with zero attached hydrogens (tertiary/aromatic N) is 2. The highest BCUT2D eigenvalue weighted by Crippen LogP contribution is 2.23. The van der Waals surface area contributed by atoms with E-state index in [1.165, 1.54) is 11.1 Å². The number of benzene rings is 1. The molecule has 0 aliphatic carbocycles. The first-order chi connectivity index (χ1) is 11.8. The minimum absolute atomic E-state index is 0.0816. The van der Waals surface area contributed by atoms with Crippen molar-refractivity contribution in [3.8, 4) is 0 Å². The number of urea groups is 1. The van der Waals surface area contributed by atoms with E-state index >= 15 is 0 Å². The summed E-state index contributed by atoms with van der Waals surface area (Å²) in [6, 6.07) is 11.9. The number of pyridine rings is 1. The quantitative estimate of drug-likeness (QED) is 0.894. The standard InChI is InChI=1S/C19H20N4O/c24-19(23-12-16-2-1-9-21-18(16)13-23)22-17-5-3-14(4-6-17)15-7-10-20-11-8-15/h1-7,9,20H,8,10-13H2,(H,22,24). The summed E-state index contributed by atoms with van der Waals surface area (Å²) in [5, 5.41) is 6.29. The van der Waals surface area contributed by atoms with Crippen molar-refractivity contribution in [1.29, 1.82) is 0 Å². The molecule has 0 spiro atoms. The molecule has 0 radical (unpaired) electrons. The van der Waals surface area contributed by atoms with Crippen LogP contribution in [0.1, 0.15) is 23.2 Å². The second-order valence-electron chi connectivity index (χ2n) is 6.16. The van der Waals surface area contributed by atoms with E-state index in [-0.39, 0.29) is 6.03 Å². The van der Waals surface area contributed by atoms with E-state index in [0.717, 1.165) is 36.5 Å². The molecule has 0 atom stereocenters. The normalized spacial score (nSPS) is 16.5. The van der Waals surface area contributed by atoms with Crippen LogP contribution in [0.25, 0.3) is 5.57 Å². The molecule has 2 N–H and O–H groups in total. The van der Waals surface area contributed by atoms with Crippen molar-refractivity contribution < 1.29 is 4.79 Å². The molecule has 2 aromatic rings. The molecule has 2 amide bonds. The summed E-state index contributed by atoms with van der Waals surface area (Å²) in [7, 11) is 0. The molecule has 2 aliphatic rings. The molecule has 5 nitrogen and oxygen atoms in total. The number of carbonyl (C=O) groups excluding carboxylic acids is 1. The maximum Gasteiger partial charge on any atom is 0.322 e.